The number of aromatic nitrogens is 2. The van der Waals surface area contributed by atoms with Crippen molar-refractivity contribution < 1.29 is 4.79 Å². The summed E-state index contributed by atoms with van der Waals surface area (Å²) in [5, 5.41) is 7.61. The van der Waals surface area contributed by atoms with Crippen molar-refractivity contribution in [3.8, 4) is 0 Å². The third-order valence-corrected chi connectivity index (χ3v) is 3.78. The summed E-state index contributed by atoms with van der Waals surface area (Å²) in [7, 11) is 0. The maximum atomic E-state index is 12.5. The first-order chi connectivity index (χ1) is 10.2. The molecule has 1 amide bonds. The van der Waals surface area contributed by atoms with Crippen LogP contribution in [-0.4, -0.2) is 34.3 Å². The lowest BCUT2D eigenvalue weighted by Gasteiger charge is -2.20. The highest BCUT2D eigenvalue weighted by molar-refractivity contribution is 5.99. The van der Waals surface area contributed by atoms with Crippen LogP contribution in [0.15, 0.2) is 48.8 Å². The number of hydrogen-bond donors (Lipinski definition) is 1. The largest absolute Gasteiger partial charge is 0.311 e. The minimum Gasteiger partial charge on any atom is -0.311 e. The van der Waals surface area contributed by atoms with E-state index in [-0.39, 0.29) is 18.0 Å². The van der Waals surface area contributed by atoms with E-state index < -0.39 is 0 Å². The summed E-state index contributed by atoms with van der Waals surface area (Å²) in [4.78, 5) is 14.3. The lowest BCUT2D eigenvalue weighted by molar-refractivity contribution is -0.119. The Hall–Kier alpha value is -2.14. The molecule has 0 aliphatic carbocycles. The van der Waals surface area contributed by atoms with Gasteiger partial charge in [0.15, 0.2) is 0 Å². The van der Waals surface area contributed by atoms with Crippen molar-refractivity contribution in [2.24, 2.45) is 0 Å². The molecule has 1 aliphatic rings. The van der Waals surface area contributed by atoms with Crippen molar-refractivity contribution in [3.05, 3.63) is 48.8 Å². The van der Waals surface area contributed by atoms with Crippen LogP contribution < -0.4 is 10.2 Å². The molecule has 0 spiro atoms. The molecule has 1 fully saturated rings. The minimum atomic E-state index is -0.101. The SMILES string of the molecule is CC(Cn1cccn1)NC1CCN(c2ccccc2)C1=O. The highest BCUT2D eigenvalue weighted by Gasteiger charge is 2.32. The summed E-state index contributed by atoms with van der Waals surface area (Å²) >= 11 is 0. The molecule has 5 heteroatoms. The Morgan fingerprint density at radius 3 is 2.86 bits per heavy atom. The van der Waals surface area contributed by atoms with E-state index >= 15 is 0 Å². The van der Waals surface area contributed by atoms with Gasteiger partial charge in [-0.2, -0.15) is 5.10 Å². The number of para-hydroxylation sites is 1. The molecule has 0 bridgehead atoms. The normalized spacial score (nSPS) is 20.0. The molecule has 2 atom stereocenters. The molecule has 1 aromatic heterocycles. The van der Waals surface area contributed by atoms with Crippen LogP contribution >= 0.6 is 0 Å². The van der Waals surface area contributed by atoms with Gasteiger partial charge < -0.3 is 10.2 Å². The second-order valence-electron chi connectivity index (χ2n) is 5.46. The number of rotatable bonds is 5. The van der Waals surface area contributed by atoms with Crippen molar-refractivity contribution in [3.63, 3.8) is 0 Å². The Kier molecular flexibility index (Phi) is 4.01. The fourth-order valence-corrected chi connectivity index (χ4v) is 2.78. The molecular formula is C16H20N4O. The van der Waals surface area contributed by atoms with Gasteiger partial charge in [0.2, 0.25) is 5.91 Å². The van der Waals surface area contributed by atoms with E-state index in [0.29, 0.717) is 0 Å². The molecule has 21 heavy (non-hydrogen) atoms. The molecule has 1 N–H and O–H groups in total. The molecule has 5 nitrogen and oxygen atoms in total. The smallest absolute Gasteiger partial charge is 0.244 e. The Balaban J connectivity index is 1.59. The average molecular weight is 284 g/mol. The number of nitrogens with one attached hydrogen (secondary N) is 1. The number of carbonyl (C=O) groups excluding carboxylic acids is 1. The van der Waals surface area contributed by atoms with Gasteiger partial charge in [-0.05, 0) is 31.5 Å². The van der Waals surface area contributed by atoms with Gasteiger partial charge >= 0.3 is 0 Å². The second-order valence-corrected chi connectivity index (χ2v) is 5.46. The van der Waals surface area contributed by atoms with Crippen LogP contribution in [-0.2, 0) is 11.3 Å². The molecule has 0 saturated carbocycles. The fraction of sp³-hybridized carbons (Fsp3) is 0.375. The number of carbonyl (C=O) groups is 1. The summed E-state index contributed by atoms with van der Waals surface area (Å²) < 4.78 is 1.88. The van der Waals surface area contributed by atoms with Crippen LogP contribution in [0.1, 0.15) is 13.3 Å². The molecule has 3 rings (SSSR count). The van der Waals surface area contributed by atoms with Crippen LogP contribution in [0.3, 0.4) is 0 Å². The van der Waals surface area contributed by atoms with Crippen molar-refractivity contribution >= 4 is 11.6 Å². The quantitative estimate of drug-likeness (QED) is 0.908. The van der Waals surface area contributed by atoms with Crippen molar-refractivity contribution in [1.29, 1.82) is 0 Å². The fourth-order valence-electron chi connectivity index (χ4n) is 2.78. The molecule has 1 saturated heterocycles. The van der Waals surface area contributed by atoms with E-state index in [1.54, 1.807) is 6.20 Å². The van der Waals surface area contributed by atoms with Crippen LogP contribution in [0.5, 0.6) is 0 Å². The third-order valence-electron chi connectivity index (χ3n) is 3.78. The van der Waals surface area contributed by atoms with E-state index in [0.717, 1.165) is 25.2 Å². The summed E-state index contributed by atoms with van der Waals surface area (Å²) in [6, 6.07) is 11.9. The van der Waals surface area contributed by atoms with Gasteiger partial charge in [-0.15, -0.1) is 0 Å². The van der Waals surface area contributed by atoms with Gasteiger partial charge in [-0.3, -0.25) is 9.48 Å². The topological polar surface area (TPSA) is 50.2 Å². The van der Waals surface area contributed by atoms with Crippen LogP contribution in [0, 0.1) is 0 Å². The zero-order valence-corrected chi connectivity index (χ0v) is 12.1. The van der Waals surface area contributed by atoms with Crippen molar-refractivity contribution in [1.82, 2.24) is 15.1 Å². The highest BCUT2D eigenvalue weighted by atomic mass is 16.2. The van der Waals surface area contributed by atoms with Gasteiger partial charge in [0.25, 0.3) is 0 Å². The Morgan fingerprint density at radius 1 is 1.33 bits per heavy atom. The van der Waals surface area contributed by atoms with Gasteiger partial charge in [-0.25, -0.2) is 0 Å². The lowest BCUT2D eigenvalue weighted by atomic mass is 10.2. The monoisotopic (exact) mass is 284 g/mol. The van der Waals surface area contributed by atoms with Gasteiger partial charge in [0, 0.05) is 30.7 Å². The predicted molar refractivity (Wildman–Crippen MR) is 82.0 cm³/mol. The van der Waals surface area contributed by atoms with E-state index in [1.165, 1.54) is 0 Å². The summed E-state index contributed by atoms with van der Waals surface area (Å²) in [6.45, 7) is 3.62. The number of amides is 1. The predicted octanol–water partition coefficient (Wildman–Crippen LogP) is 1.67. The summed E-state index contributed by atoms with van der Waals surface area (Å²) in [5.74, 6) is 0.161. The summed E-state index contributed by atoms with van der Waals surface area (Å²) in [5.41, 5.74) is 0.978. The third kappa shape index (κ3) is 3.13. The summed E-state index contributed by atoms with van der Waals surface area (Å²) in [6.07, 6.45) is 4.55. The minimum absolute atomic E-state index is 0.101. The standard InChI is InChI=1S/C16H20N4O/c1-13(12-19-10-5-9-17-19)18-15-8-11-20(16(15)21)14-6-3-2-4-7-14/h2-7,9-10,13,15,18H,8,11-12H2,1H3. The van der Waals surface area contributed by atoms with E-state index in [9.17, 15) is 4.79 Å². The lowest BCUT2D eigenvalue weighted by Crippen LogP contribution is -2.44. The Bertz CT molecular complexity index is 582. The molecule has 2 heterocycles. The van der Waals surface area contributed by atoms with Gasteiger partial charge in [0.05, 0.1) is 12.6 Å². The first-order valence-corrected chi connectivity index (χ1v) is 7.34. The Labute approximate surface area is 124 Å². The zero-order chi connectivity index (χ0) is 14.7. The molecule has 110 valence electrons. The zero-order valence-electron chi connectivity index (χ0n) is 12.1. The first-order valence-electron chi connectivity index (χ1n) is 7.34. The molecule has 1 aliphatic heterocycles. The second kappa shape index (κ2) is 6.10. The number of hydrogen-bond acceptors (Lipinski definition) is 3. The van der Waals surface area contributed by atoms with Crippen LogP contribution in [0.4, 0.5) is 5.69 Å². The van der Waals surface area contributed by atoms with Crippen LogP contribution in [0.25, 0.3) is 0 Å². The average Bonchev–Trinajstić information content (AvgIpc) is 3.11. The maximum Gasteiger partial charge on any atom is 0.244 e. The van der Waals surface area contributed by atoms with Crippen molar-refractivity contribution in [2.45, 2.75) is 32.0 Å². The van der Waals surface area contributed by atoms with E-state index in [2.05, 4.69) is 17.3 Å². The molecule has 1 aromatic carbocycles. The maximum absolute atomic E-state index is 12.5. The molecule has 2 aromatic rings. The van der Waals surface area contributed by atoms with E-state index in [4.69, 9.17) is 0 Å². The molecule has 2 unspecified atom stereocenters. The molecule has 0 radical (unpaired) electrons. The highest BCUT2D eigenvalue weighted by Crippen LogP contribution is 2.21. The number of anilines is 1. The van der Waals surface area contributed by atoms with Gasteiger partial charge in [-0.1, -0.05) is 18.2 Å². The van der Waals surface area contributed by atoms with Crippen molar-refractivity contribution in [2.75, 3.05) is 11.4 Å². The molecular weight excluding hydrogens is 264 g/mol. The number of benzene rings is 1. The van der Waals surface area contributed by atoms with Gasteiger partial charge in [0.1, 0.15) is 0 Å². The first kappa shape index (κ1) is 13.8. The van der Waals surface area contributed by atoms with Crippen LogP contribution in [0.2, 0.25) is 0 Å². The number of nitrogens with zero attached hydrogens (tertiary/aromatic N) is 3. The van der Waals surface area contributed by atoms with E-state index in [1.807, 2.05) is 52.2 Å². The Morgan fingerprint density at radius 2 is 2.14 bits per heavy atom.